The molecule has 2 N–H and O–H groups in total. The van der Waals surface area contributed by atoms with Crippen LogP contribution in [0.4, 0.5) is 5.69 Å². The Labute approximate surface area is 179 Å². The summed E-state index contributed by atoms with van der Waals surface area (Å²) < 4.78 is 13.6. The van der Waals surface area contributed by atoms with Gasteiger partial charge in [-0.15, -0.1) is 0 Å². The van der Waals surface area contributed by atoms with Gasteiger partial charge < -0.3 is 24.0 Å². The van der Waals surface area contributed by atoms with Crippen molar-refractivity contribution in [1.82, 2.24) is 19.8 Å². The summed E-state index contributed by atoms with van der Waals surface area (Å²) in [6, 6.07) is 2.84. The molecule has 1 aromatic carbocycles. The van der Waals surface area contributed by atoms with Gasteiger partial charge in [-0.05, 0) is 31.4 Å². The Hall–Kier alpha value is -3.56. The number of nitrogens with zero attached hydrogens (tertiary/aromatic N) is 4. The molecule has 1 unspecified atom stereocenters. The molecule has 2 aromatic rings. The number of aromatic nitrogens is 2. The van der Waals surface area contributed by atoms with E-state index < -0.39 is 12.0 Å². The van der Waals surface area contributed by atoms with Gasteiger partial charge in [0, 0.05) is 24.5 Å². The molecule has 3 heterocycles. The number of aliphatic carboxylic acids is 1. The van der Waals surface area contributed by atoms with Crippen LogP contribution in [0.2, 0.25) is 0 Å². The third kappa shape index (κ3) is 4.47. The smallest absolute Gasteiger partial charge is 0.305 e. The summed E-state index contributed by atoms with van der Waals surface area (Å²) in [5.74, 6) is 0.150. The molecule has 0 spiro atoms. The Kier molecular flexibility index (Phi) is 6.06. The number of hydrogen-bond donors (Lipinski definition) is 2. The van der Waals surface area contributed by atoms with E-state index in [4.69, 9.17) is 14.6 Å². The predicted molar refractivity (Wildman–Crippen MR) is 111 cm³/mol. The van der Waals surface area contributed by atoms with Crippen molar-refractivity contribution < 1.29 is 24.2 Å². The van der Waals surface area contributed by atoms with Gasteiger partial charge in [0.2, 0.25) is 11.9 Å². The number of aryl methyl sites for hydroxylation is 1. The van der Waals surface area contributed by atoms with Gasteiger partial charge in [-0.1, -0.05) is 0 Å². The molecular formula is C21H25N5O5. The first-order valence-corrected chi connectivity index (χ1v) is 10.2. The van der Waals surface area contributed by atoms with Gasteiger partial charge in [-0.25, -0.2) is 9.98 Å². The molecule has 2 aliphatic heterocycles. The lowest BCUT2D eigenvalue weighted by Crippen LogP contribution is -2.38. The minimum Gasteiger partial charge on any atom is -0.492 e. The lowest BCUT2D eigenvalue weighted by atomic mass is 10.1. The number of amides is 1. The largest absolute Gasteiger partial charge is 0.492 e. The molecule has 10 nitrogen and oxygen atoms in total. The first kappa shape index (κ1) is 20.7. The normalized spacial score (nSPS) is 16.9. The third-order valence-corrected chi connectivity index (χ3v) is 5.39. The first-order valence-electron chi connectivity index (χ1n) is 10.2. The molecule has 2 aliphatic rings. The fourth-order valence-corrected chi connectivity index (χ4v) is 3.85. The quantitative estimate of drug-likeness (QED) is 0.556. The third-order valence-electron chi connectivity index (χ3n) is 5.39. The number of aliphatic imine (C=N–C) groups is 1. The first-order chi connectivity index (χ1) is 15.1. The molecule has 0 bridgehead atoms. The van der Waals surface area contributed by atoms with Gasteiger partial charge in [0.15, 0.2) is 11.5 Å². The number of guanidine groups is 1. The van der Waals surface area contributed by atoms with Crippen LogP contribution in [0.25, 0.3) is 0 Å². The SMILES string of the molecule is COc1c(OCCCCCn2ccnc2)ccc2c1CN1C(=N2)NC(=O)C1CC(=O)O. The van der Waals surface area contributed by atoms with Crippen LogP contribution in [-0.2, 0) is 22.7 Å². The zero-order chi connectivity index (χ0) is 21.8. The van der Waals surface area contributed by atoms with Crippen LogP contribution in [0, 0.1) is 0 Å². The number of benzene rings is 1. The summed E-state index contributed by atoms with van der Waals surface area (Å²) in [5.41, 5.74) is 1.45. The molecule has 1 fully saturated rings. The van der Waals surface area contributed by atoms with Gasteiger partial charge in [-0.3, -0.25) is 14.9 Å². The molecular weight excluding hydrogens is 402 g/mol. The minimum absolute atomic E-state index is 0.294. The van der Waals surface area contributed by atoms with E-state index in [1.54, 1.807) is 18.2 Å². The van der Waals surface area contributed by atoms with E-state index in [1.807, 2.05) is 24.7 Å². The number of nitrogens with one attached hydrogen (secondary N) is 1. The number of unbranched alkanes of at least 4 members (excludes halogenated alkanes) is 2. The second-order valence-electron chi connectivity index (χ2n) is 7.47. The van der Waals surface area contributed by atoms with Crippen LogP contribution in [0.3, 0.4) is 0 Å². The van der Waals surface area contributed by atoms with Gasteiger partial charge in [0.05, 0.1) is 38.7 Å². The molecule has 0 aliphatic carbocycles. The number of imidazole rings is 1. The number of carbonyl (C=O) groups excluding carboxylic acids is 1. The highest BCUT2D eigenvalue weighted by atomic mass is 16.5. The second-order valence-corrected chi connectivity index (χ2v) is 7.47. The Balaban J connectivity index is 1.39. The minimum atomic E-state index is -1.04. The molecule has 31 heavy (non-hydrogen) atoms. The van der Waals surface area contributed by atoms with E-state index in [0.717, 1.165) is 31.4 Å². The average Bonchev–Trinajstić information content (AvgIpc) is 3.36. The fraction of sp³-hybridized carbons (Fsp3) is 0.429. The number of carbonyl (C=O) groups is 2. The number of rotatable bonds is 10. The van der Waals surface area contributed by atoms with Crippen LogP contribution in [-0.4, -0.2) is 57.2 Å². The Morgan fingerprint density at radius 1 is 1.32 bits per heavy atom. The number of hydrogen-bond acceptors (Lipinski definition) is 7. The van der Waals surface area contributed by atoms with E-state index in [1.165, 1.54) is 0 Å². The molecule has 1 aromatic heterocycles. The number of carboxylic acids is 1. The number of carboxylic acid groups (broad SMARTS) is 1. The highest BCUT2D eigenvalue weighted by molar-refractivity contribution is 6.08. The average molecular weight is 427 g/mol. The Bertz CT molecular complexity index is 988. The monoisotopic (exact) mass is 427 g/mol. The van der Waals surface area contributed by atoms with E-state index in [2.05, 4.69) is 19.9 Å². The van der Waals surface area contributed by atoms with Crippen LogP contribution >= 0.6 is 0 Å². The Morgan fingerprint density at radius 3 is 2.94 bits per heavy atom. The number of ether oxygens (including phenoxy) is 2. The van der Waals surface area contributed by atoms with Crippen molar-refractivity contribution in [2.75, 3.05) is 13.7 Å². The van der Waals surface area contributed by atoms with Gasteiger partial charge in [-0.2, -0.15) is 0 Å². The summed E-state index contributed by atoms with van der Waals surface area (Å²) in [5, 5.41) is 11.8. The molecule has 4 rings (SSSR count). The maximum absolute atomic E-state index is 12.2. The maximum atomic E-state index is 12.2. The van der Waals surface area contributed by atoms with Gasteiger partial charge >= 0.3 is 5.97 Å². The molecule has 0 saturated carbocycles. The highest BCUT2D eigenvalue weighted by Gasteiger charge is 2.41. The summed E-state index contributed by atoms with van der Waals surface area (Å²) in [4.78, 5) is 33.5. The van der Waals surface area contributed by atoms with Gasteiger partial charge in [0.1, 0.15) is 6.04 Å². The number of fused-ring (bicyclic) bond motifs is 2. The second kappa shape index (κ2) is 9.07. The Morgan fingerprint density at radius 2 is 2.19 bits per heavy atom. The van der Waals surface area contributed by atoms with Crippen LogP contribution in [0.5, 0.6) is 11.5 Å². The van der Waals surface area contributed by atoms with Crippen molar-refractivity contribution in [2.24, 2.45) is 4.99 Å². The van der Waals surface area contributed by atoms with Crippen molar-refractivity contribution >= 4 is 23.5 Å². The van der Waals surface area contributed by atoms with E-state index in [9.17, 15) is 9.59 Å². The van der Waals surface area contributed by atoms with Crippen molar-refractivity contribution in [3.05, 3.63) is 36.4 Å². The molecule has 10 heteroatoms. The lowest BCUT2D eigenvalue weighted by molar-refractivity contribution is -0.140. The van der Waals surface area contributed by atoms with Crippen molar-refractivity contribution in [2.45, 2.75) is 44.8 Å². The standard InChI is InChI=1S/C21H25N5O5/c1-30-19-14-12-26-16(11-18(27)28)20(29)24-21(26)23-15(14)5-6-17(19)31-10-4-2-3-8-25-9-7-22-13-25/h5-7,9,13,16H,2-4,8,10-12H2,1H3,(H,27,28)(H,23,24,29). The predicted octanol–water partition coefficient (Wildman–Crippen LogP) is 1.92. The van der Waals surface area contributed by atoms with Crippen molar-refractivity contribution in [3.8, 4) is 11.5 Å². The molecule has 1 saturated heterocycles. The molecule has 164 valence electrons. The van der Waals surface area contributed by atoms with E-state index in [0.29, 0.717) is 36.3 Å². The van der Waals surface area contributed by atoms with Crippen molar-refractivity contribution in [3.63, 3.8) is 0 Å². The van der Waals surface area contributed by atoms with E-state index >= 15 is 0 Å². The van der Waals surface area contributed by atoms with E-state index in [-0.39, 0.29) is 12.3 Å². The summed E-state index contributed by atoms with van der Waals surface area (Å²) in [7, 11) is 1.56. The van der Waals surface area contributed by atoms with Crippen LogP contribution in [0.1, 0.15) is 31.2 Å². The topological polar surface area (TPSA) is 118 Å². The molecule has 0 radical (unpaired) electrons. The highest BCUT2D eigenvalue weighted by Crippen LogP contribution is 2.41. The lowest BCUT2D eigenvalue weighted by Gasteiger charge is -2.28. The summed E-state index contributed by atoms with van der Waals surface area (Å²) in [6.45, 7) is 1.80. The summed E-state index contributed by atoms with van der Waals surface area (Å²) >= 11 is 0. The number of methoxy groups -OCH3 is 1. The molecule has 1 amide bonds. The zero-order valence-corrected chi connectivity index (χ0v) is 17.3. The summed E-state index contributed by atoms with van der Waals surface area (Å²) in [6.07, 6.45) is 8.22. The molecule has 1 atom stereocenters. The van der Waals surface area contributed by atoms with Gasteiger partial charge in [0.25, 0.3) is 0 Å². The maximum Gasteiger partial charge on any atom is 0.305 e. The van der Waals surface area contributed by atoms with Crippen LogP contribution < -0.4 is 14.8 Å². The fourth-order valence-electron chi connectivity index (χ4n) is 3.85. The van der Waals surface area contributed by atoms with Crippen LogP contribution in [0.15, 0.2) is 35.8 Å². The zero-order valence-electron chi connectivity index (χ0n) is 17.3. The van der Waals surface area contributed by atoms with Crippen molar-refractivity contribution in [1.29, 1.82) is 0 Å².